The van der Waals surface area contributed by atoms with E-state index in [9.17, 15) is 22.8 Å². The maximum atomic E-state index is 13.1. The van der Waals surface area contributed by atoms with Gasteiger partial charge >= 0.3 is 18.1 Å². The van der Waals surface area contributed by atoms with Gasteiger partial charge in [0.15, 0.2) is 0 Å². The maximum absolute atomic E-state index is 13.1. The number of benzene rings is 2. The van der Waals surface area contributed by atoms with Crippen molar-refractivity contribution in [1.29, 1.82) is 0 Å². The van der Waals surface area contributed by atoms with E-state index in [1.807, 2.05) is 0 Å². The number of ether oxygens (including phenoxy) is 13. The van der Waals surface area contributed by atoms with Crippen molar-refractivity contribution in [3.05, 3.63) is 59.7 Å². The van der Waals surface area contributed by atoms with Gasteiger partial charge in [-0.25, -0.2) is 4.79 Å². The molecule has 0 unspecified atom stereocenters. The summed E-state index contributed by atoms with van der Waals surface area (Å²) in [4.78, 5) is 23.5. The number of methoxy groups -OCH3 is 1. The van der Waals surface area contributed by atoms with Crippen molar-refractivity contribution in [1.82, 2.24) is 0 Å². The minimum atomic E-state index is -4.48. The third-order valence-corrected chi connectivity index (χ3v) is 7.47. The molecule has 2 aromatic rings. The molecular weight excluding hydrogens is 791 g/mol. The predicted molar refractivity (Wildman–Crippen MR) is 207 cm³/mol. The molecule has 0 aliphatic carbocycles. The van der Waals surface area contributed by atoms with Crippen molar-refractivity contribution in [2.45, 2.75) is 12.6 Å². The molecule has 1 N–H and O–H groups in total. The van der Waals surface area contributed by atoms with E-state index in [1.165, 1.54) is 25.3 Å². The minimum absolute atomic E-state index is 0.00821. The molecule has 59 heavy (non-hydrogen) atoms. The average molecular weight is 852 g/mol. The van der Waals surface area contributed by atoms with E-state index >= 15 is 0 Å². The van der Waals surface area contributed by atoms with Crippen LogP contribution in [-0.2, 0) is 72.6 Å². The fourth-order valence-corrected chi connectivity index (χ4v) is 4.53. The van der Waals surface area contributed by atoms with Crippen molar-refractivity contribution in [2.24, 2.45) is 0 Å². The van der Waals surface area contributed by atoms with Crippen molar-refractivity contribution in [3.63, 3.8) is 0 Å². The highest BCUT2D eigenvalue weighted by Gasteiger charge is 2.30. The van der Waals surface area contributed by atoms with Gasteiger partial charge in [-0.05, 0) is 30.3 Å². The summed E-state index contributed by atoms with van der Waals surface area (Å²) in [7, 11) is 1.34. The van der Waals surface area contributed by atoms with Crippen LogP contribution in [0, 0.1) is 0 Å². The van der Waals surface area contributed by atoms with Crippen LogP contribution in [0.4, 0.5) is 24.5 Å². The highest BCUT2D eigenvalue weighted by molar-refractivity contribution is 5.96. The number of hydrogen-bond acceptors (Lipinski definition) is 16. The number of nitrogens with one attached hydrogen (secondary N) is 1. The van der Waals surface area contributed by atoms with Crippen molar-refractivity contribution in [3.8, 4) is 0 Å². The van der Waals surface area contributed by atoms with Crippen LogP contribution in [0.15, 0.2) is 48.5 Å². The van der Waals surface area contributed by atoms with Gasteiger partial charge < -0.3 is 66.9 Å². The van der Waals surface area contributed by atoms with Gasteiger partial charge in [0.2, 0.25) is 0 Å². The van der Waals surface area contributed by atoms with Gasteiger partial charge in [0.05, 0.1) is 176 Å². The molecule has 0 atom stereocenters. The normalized spacial score (nSPS) is 11.5. The molecule has 336 valence electrons. The summed E-state index contributed by atoms with van der Waals surface area (Å²) in [5.41, 5.74) is -0.109. The molecule has 0 aliphatic heterocycles. The Labute approximate surface area is 344 Å². The van der Waals surface area contributed by atoms with Crippen LogP contribution in [0.2, 0.25) is 0 Å². The van der Waals surface area contributed by atoms with Crippen LogP contribution >= 0.6 is 0 Å². The molecule has 0 bridgehead atoms. The Balaban J connectivity index is 1.25. The standard InChI is InChI=1S/C40H60F3NO15/c1-47-38(45)9-10-48-11-12-49-13-14-50-15-16-51-17-18-52-19-20-53-21-22-54-23-24-55-25-26-56-27-28-57-29-30-58-31-32-59-39(46)36-7-2-3-8-37(36)44-35-6-4-5-34(33-35)40(41,42)43/h2-8,33,44H,9-32H2,1H3. The Morgan fingerprint density at radius 1 is 0.492 bits per heavy atom. The first-order valence-corrected chi connectivity index (χ1v) is 19.4. The van der Waals surface area contributed by atoms with Crippen molar-refractivity contribution >= 4 is 23.3 Å². The van der Waals surface area contributed by atoms with Crippen LogP contribution in [0.3, 0.4) is 0 Å². The number of halogens is 3. The first kappa shape index (κ1) is 51.7. The molecule has 0 aromatic heterocycles. The van der Waals surface area contributed by atoms with E-state index in [0.29, 0.717) is 144 Å². The molecule has 0 aliphatic rings. The van der Waals surface area contributed by atoms with Gasteiger partial charge in [0.1, 0.15) is 6.61 Å². The zero-order valence-corrected chi connectivity index (χ0v) is 33.8. The largest absolute Gasteiger partial charge is 0.469 e. The van der Waals surface area contributed by atoms with E-state index in [2.05, 4.69) is 10.1 Å². The number of esters is 2. The third-order valence-electron chi connectivity index (χ3n) is 7.47. The zero-order valence-electron chi connectivity index (χ0n) is 33.8. The maximum Gasteiger partial charge on any atom is 0.416 e. The summed E-state index contributed by atoms with van der Waals surface area (Å²) >= 11 is 0. The monoisotopic (exact) mass is 851 g/mol. The highest BCUT2D eigenvalue weighted by Crippen LogP contribution is 2.32. The lowest BCUT2D eigenvalue weighted by Gasteiger charge is -2.13. The average Bonchev–Trinajstić information content (AvgIpc) is 3.23. The van der Waals surface area contributed by atoms with Gasteiger partial charge in [-0.3, -0.25) is 4.79 Å². The van der Waals surface area contributed by atoms with E-state index < -0.39 is 17.7 Å². The molecule has 0 fully saturated rings. The number of rotatable bonds is 39. The topological polar surface area (TPSA) is 166 Å². The van der Waals surface area contributed by atoms with Crippen LogP contribution in [0.1, 0.15) is 22.3 Å². The second-order valence-corrected chi connectivity index (χ2v) is 11.9. The van der Waals surface area contributed by atoms with Gasteiger partial charge in [-0.2, -0.15) is 13.2 Å². The summed E-state index contributed by atoms with van der Waals surface area (Å²) in [6, 6.07) is 11.1. The molecule has 0 saturated heterocycles. The van der Waals surface area contributed by atoms with Crippen LogP contribution in [-0.4, -0.2) is 171 Å². The summed E-state index contributed by atoms with van der Waals surface area (Å²) in [5.74, 6) is -0.933. The van der Waals surface area contributed by atoms with Crippen LogP contribution < -0.4 is 5.32 Å². The zero-order chi connectivity index (χ0) is 42.5. The quantitative estimate of drug-likeness (QED) is 0.0745. The molecule has 2 aromatic carbocycles. The summed E-state index contributed by atoms with van der Waals surface area (Å²) in [6.45, 7) is 9.00. The Morgan fingerprint density at radius 3 is 1.25 bits per heavy atom. The summed E-state index contributed by atoms with van der Waals surface area (Å²) < 4.78 is 109. The fourth-order valence-electron chi connectivity index (χ4n) is 4.53. The van der Waals surface area contributed by atoms with Gasteiger partial charge in [0.25, 0.3) is 0 Å². The lowest BCUT2D eigenvalue weighted by atomic mass is 10.1. The molecule has 0 heterocycles. The van der Waals surface area contributed by atoms with Crippen molar-refractivity contribution < 1.29 is 84.3 Å². The van der Waals surface area contributed by atoms with E-state index in [4.69, 9.17) is 56.8 Å². The van der Waals surface area contributed by atoms with Crippen LogP contribution in [0.25, 0.3) is 0 Å². The second-order valence-electron chi connectivity index (χ2n) is 11.9. The van der Waals surface area contributed by atoms with Crippen molar-refractivity contribution in [2.75, 3.05) is 164 Å². The lowest BCUT2D eigenvalue weighted by molar-refractivity contribution is -0.142. The number of carbonyl (C=O) groups is 2. The first-order chi connectivity index (χ1) is 28.8. The molecule has 19 heteroatoms. The van der Waals surface area contributed by atoms with Gasteiger partial charge in [-0.15, -0.1) is 0 Å². The van der Waals surface area contributed by atoms with Crippen LogP contribution in [0.5, 0.6) is 0 Å². The van der Waals surface area contributed by atoms with Gasteiger partial charge in [-0.1, -0.05) is 18.2 Å². The van der Waals surface area contributed by atoms with E-state index in [-0.39, 0.29) is 36.9 Å². The number of hydrogen-bond donors (Lipinski definition) is 1. The molecule has 16 nitrogen and oxygen atoms in total. The summed E-state index contributed by atoms with van der Waals surface area (Å²) in [6.07, 6.45) is -4.25. The molecule has 0 saturated carbocycles. The second kappa shape index (κ2) is 35.3. The Bertz CT molecular complexity index is 1340. The highest BCUT2D eigenvalue weighted by atomic mass is 19.4. The molecule has 0 amide bonds. The SMILES string of the molecule is COC(=O)CCOCCOCCOCCOCCOCCOCCOCCOCCOCCOCCOCCOC(=O)c1ccccc1Nc1cccc(C(F)(F)F)c1. The molecular formula is C40H60F3NO15. The Morgan fingerprint density at radius 2 is 0.864 bits per heavy atom. The molecule has 0 radical (unpaired) electrons. The lowest BCUT2D eigenvalue weighted by Crippen LogP contribution is -2.16. The van der Waals surface area contributed by atoms with Gasteiger partial charge in [0, 0.05) is 5.69 Å². The van der Waals surface area contributed by atoms with E-state index in [0.717, 1.165) is 12.1 Å². The Hall–Kier alpha value is -3.47. The number of anilines is 2. The minimum Gasteiger partial charge on any atom is -0.469 e. The predicted octanol–water partition coefficient (Wildman–Crippen LogP) is 4.35. The van der Waals surface area contributed by atoms with E-state index in [1.54, 1.807) is 18.2 Å². The number of para-hydroxylation sites is 1. The molecule has 2 rings (SSSR count). The Kier molecular flexibility index (Phi) is 30.9. The first-order valence-electron chi connectivity index (χ1n) is 19.4. The summed E-state index contributed by atoms with van der Waals surface area (Å²) in [5, 5.41) is 2.86. The number of alkyl halides is 3. The fraction of sp³-hybridized carbons (Fsp3) is 0.650. The number of carbonyl (C=O) groups excluding carboxylic acids is 2. The molecule has 0 spiro atoms. The third kappa shape index (κ3) is 28.6. The smallest absolute Gasteiger partial charge is 0.416 e.